The highest BCUT2D eigenvalue weighted by Crippen LogP contribution is 2.27. The number of H-pyrrole nitrogens is 1. The Labute approximate surface area is 140 Å². The maximum atomic E-state index is 5.64. The smallest absolute Gasteiger partial charge is 0.222 e. The average Bonchev–Trinajstić information content (AvgIpc) is 3.03. The summed E-state index contributed by atoms with van der Waals surface area (Å²) in [6, 6.07) is 13.5. The quantitative estimate of drug-likeness (QED) is 0.512. The van der Waals surface area contributed by atoms with Gasteiger partial charge in [0.2, 0.25) is 5.95 Å². The molecule has 2 N–H and O–H groups in total. The molecule has 6 nitrogen and oxygen atoms in total. The number of aromatic amines is 1. The molecule has 0 atom stereocenters. The van der Waals surface area contributed by atoms with E-state index in [9.17, 15) is 0 Å². The number of benzene rings is 2. The fourth-order valence-corrected chi connectivity index (χ4v) is 2.27. The third-order valence-electron chi connectivity index (χ3n) is 3.42. The lowest BCUT2D eigenvalue weighted by Gasteiger charge is -2.10. The van der Waals surface area contributed by atoms with Crippen LogP contribution in [0.4, 0.5) is 5.95 Å². The van der Waals surface area contributed by atoms with Crippen LogP contribution in [0, 0.1) is 0 Å². The molecular formula is C18H20N4O2. The van der Waals surface area contributed by atoms with Gasteiger partial charge < -0.3 is 14.5 Å². The molecule has 24 heavy (non-hydrogen) atoms. The predicted octanol–water partition coefficient (Wildman–Crippen LogP) is 3.81. The van der Waals surface area contributed by atoms with Crippen molar-refractivity contribution in [3.05, 3.63) is 48.0 Å². The number of ether oxygens (including phenoxy) is 2. The third-order valence-corrected chi connectivity index (χ3v) is 3.42. The number of fused-ring (bicyclic) bond motifs is 1. The van der Waals surface area contributed by atoms with Crippen LogP contribution in [0.1, 0.15) is 18.9 Å². The minimum absolute atomic E-state index is 0.599. The van der Waals surface area contributed by atoms with E-state index in [0.717, 1.165) is 28.8 Å². The third kappa shape index (κ3) is 3.65. The van der Waals surface area contributed by atoms with Crippen LogP contribution in [0.3, 0.4) is 0 Å². The Bertz CT molecular complexity index is 809. The lowest BCUT2D eigenvalue weighted by atomic mass is 10.2. The summed E-state index contributed by atoms with van der Waals surface area (Å²) in [5.74, 6) is 2.03. The van der Waals surface area contributed by atoms with Crippen LogP contribution in [-0.2, 0) is 0 Å². The maximum Gasteiger partial charge on any atom is 0.222 e. The van der Waals surface area contributed by atoms with E-state index in [-0.39, 0.29) is 0 Å². The van der Waals surface area contributed by atoms with Gasteiger partial charge in [0.15, 0.2) is 11.5 Å². The van der Waals surface area contributed by atoms with E-state index >= 15 is 0 Å². The first-order chi connectivity index (χ1) is 11.8. The standard InChI is InChI=1S/C18H20N4O2/c1-3-10-24-16-9-8-13(11-17(16)23-2)12-19-22-18-20-14-6-4-5-7-15(14)21-18/h4-9,11-12H,3,10H2,1-2H3,(H2,20,21,22)/b19-12-. The Balaban J connectivity index is 1.69. The molecule has 3 aromatic rings. The molecule has 2 aromatic carbocycles. The van der Waals surface area contributed by atoms with Gasteiger partial charge in [-0.15, -0.1) is 0 Å². The van der Waals surface area contributed by atoms with Gasteiger partial charge in [-0.1, -0.05) is 19.1 Å². The molecule has 0 radical (unpaired) electrons. The SMILES string of the molecule is CCCOc1ccc(/C=N\Nc2nc3ccccc3[nH]2)cc1OC. The second-order valence-electron chi connectivity index (χ2n) is 5.23. The molecule has 0 aliphatic rings. The minimum atomic E-state index is 0.599. The number of para-hydroxylation sites is 2. The van der Waals surface area contributed by atoms with E-state index in [2.05, 4.69) is 27.4 Å². The number of aromatic nitrogens is 2. The van der Waals surface area contributed by atoms with E-state index in [1.54, 1.807) is 13.3 Å². The van der Waals surface area contributed by atoms with Crippen molar-refractivity contribution >= 4 is 23.2 Å². The Morgan fingerprint density at radius 3 is 2.88 bits per heavy atom. The van der Waals surface area contributed by atoms with Crippen molar-refractivity contribution in [2.24, 2.45) is 5.10 Å². The molecule has 0 unspecified atom stereocenters. The summed E-state index contributed by atoms with van der Waals surface area (Å²) < 4.78 is 11.0. The van der Waals surface area contributed by atoms with Crippen LogP contribution >= 0.6 is 0 Å². The van der Waals surface area contributed by atoms with Crippen LogP contribution in [0.5, 0.6) is 11.5 Å². The number of nitrogens with one attached hydrogen (secondary N) is 2. The van der Waals surface area contributed by atoms with Crippen molar-refractivity contribution < 1.29 is 9.47 Å². The topological polar surface area (TPSA) is 71.5 Å². The van der Waals surface area contributed by atoms with Crippen molar-refractivity contribution in [1.29, 1.82) is 0 Å². The first-order valence-electron chi connectivity index (χ1n) is 7.85. The van der Waals surface area contributed by atoms with Crippen molar-refractivity contribution in [2.45, 2.75) is 13.3 Å². The number of rotatable bonds is 7. The lowest BCUT2D eigenvalue weighted by molar-refractivity contribution is 0.294. The molecule has 0 aliphatic heterocycles. The van der Waals surface area contributed by atoms with Gasteiger partial charge in [0, 0.05) is 0 Å². The number of hydrogen-bond acceptors (Lipinski definition) is 5. The summed E-state index contributed by atoms with van der Waals surface area (Å²) in [7, 11) is 1.63. The van der Waals surface area contributed by atoms with Gasteiger partial charge in [-0.2, -0.15) is 5.10 Å². The molecule has 1 heterocycles. The Hall–Kier alpha value is -3.02. The van der Waals surface area contributed by atoms with Gasteiger partial charge >= 0.3 is 0 Å². The Morgan fingerprint density at radius 1 is 1.21 bits per heavy atom. The van der Waals surface area contributed by atoms with Gasteiger partial charge in [-0.25, -0.2) is 10.4 Å². The average molecular weight is 324 g/mol. The Kier molecular flexibility index (Phi) is 4.96. The van der Waals surface area contributed by atoms with Crippen LogP contribution in [0.15, 0.2) is 47.6 Å². The molecule has 0 fully saturated rings. The number of imidazole rings is 1. The van der Waals surface area contributed by atoms with E-state index in [1.165, 1.54) is 0 Å². The zero-order valence-electron chi connectivity index (χ0n) is 13.7. The summed E-state index contributed by atoms with van der Waals surface area (Å²) in [4.78, 5) is 7.56. The summed E-state index contributed by atoms with van der Waals surface area (Å²) in [5.41, 5.74) is 5.67. The molecule has 0 saturated heterocycles. The summed E-state index contributed by atoms with van der Waals surface area (Å²) in [6.45, 7) is 2.73. The first-order valence-corrected chi connectivity index (χ1v) is 7.85. The van der Waals surface area contributed by atoms with E-state index in [4.69, 9.17) is 9.47 Å². The second kappa shape index (κ2) is 7.50. The summed E-state index contributed by atoms with van der Waals surface area (Å²) in [6.07, 6.45) is 2.66. The van der Waals surface area contributed by atoms with Crippen LogP contribution in [0.2, 0.25) is 0 Å². The maximum absolute atomic E-state index is 5.64. The highest BCUT2D eigenvalue weighted by molar-refractivity contribution is 5.82. The van der Waals surface area contributed by atoms with E-state index in [1.807, 2.05) is 42.5 Å². The largest absolute Gasteiger partial charge is 0.493 e. The zero-order valence-corrected chi connectivity index (χ0v) is 13.7. The predicted molar refractivity (Wildman–Crippen MR) is 96.1 cm³/mol. The summed E-state index contributed by atoms with van der Waals surface area (Å²) in [5, 5.41) is 4.21. The number of methoxy groups -OCH3 is 1. The van der Waals surface area contributed by atoms with Gasteiger partial charge in [-0.3, -0.25) is 0 Å². The number of hydrazone groups is 1. The normalized spacial score (nSPS) is 11.1. The van der Waals surface area contributed by atoms with Gasteiger partial charge in [0.25, 0.3) is 0 Å². The van der Waals surface area contributed by atoms with Gasteiger partial charge in [-0.05, 0) is 42.3 Å². The zero-order chi connectivity index (χ0) is 16.8. The van der Waals surface area contributed by atoms with Crippen LogP contribution in [0.25, 0.3) is 11.0 Å². The van der Waals surface area contributed by atoms with Crippen molar-refractivity contribution in [3.8, 4) is 11.5 Å². The Morgan fingerprint density at radius 2 is 2.08 bits per heavy atom. The molecule has 0 bridgehead atoms. The molecule has 0 saturated carbocycles. The molecule has 0 amide bonds. The molecule has 1 aromatic heterocycles. The van der Waals surface area contributed by atoms with E-state index < -0.39 is 0 Å². The van der Waals surface area contributed by atoms with Gasteiger partial charge in [0.1, 0.15) is 0 Å². The second-order valence-corrected chi connectivity index (χ2v) is 5.23. The summed E-state index contributed by atoms with van der Waals surface area (Å²) >= 11 is 0. The molecule has 6 heteroatoms. The lowest BCUT2D eigenvalue weighted by Crippen LogP contribution is -1.99. The van der Waals surface area contributed by atoms with Gasteiger partial charge in [0.05, 0.1) is 31.0 Å². The van der Waals surface area contributed by atoms with Crippen LogP contribution < -0.4 is 14.9 Å². The first kappa shape index (κ1) is 15.9. The minimum Gasteiger partial charge on any atom is -0.493 e. The van der Waals surface area contributed by atoms with Crippen molar-refractivity contribution in [2.75, 3.05) is 19.1 Å². The fraction of sp³-hybridized carbons (Fsp3) is 0.222. The molecule has 124 valence electrons. The molecule has 0 spiro atoms. The monoisotopic (exact) mass is 324 g/mol. The molecule has 0 aliphatic carbocycles. The fourth-order valence-electron chi connectivity index (χ4n) is 2.27. The number of hydrogen-bond donors (Lipinski definition) is 2. The van der Waals surface area contributed by atoms with E-state index in [0.29, 0.717) is 18.3 Å². The van der Waals surface area contributed by atoms with Crippen molar-refractivity contribution in [3.63, 3.8) is 0 Å². The van der Waals surface area contributed by atoms with Crippen LogP contribution in [-0.4, -0.2) is 29.9 Å². The number of nitrogens with zero attached hydrogens (tertiary/aromatic N) is 2. The molecule has 3 rings (SSSR count). The number of anilines is 1. The highest BCUT2D eigenvalue weighted by atomic mass is 16.5. The molecular weight excluding hydrogens is 304 g/mol. The highest BCUT2D eigenvalue weighted by Gasteiger charge is 2.05. The van der Waals surface area contributed by atoms with Crippen molar-refractivity contribution in [1.82, 2.24) is 9.97 Å².